The fourth-order valence-electron chi connectivity index (χ4n) is 1.66. The summed E-state index contributed by atoms with van der Waals surface area (Å²) < 4.78 is 27.8. The first kappa shape index (κ1) is 13.5. The van der Waals surface area contributed by atoms with Gasteiger partial charge in [0, 0.05) is 0 Å². The smallest absolute Gasteiger partial charge is 0.262 e. The summed E-state index contributed by atoms with van der Waals surface area (Å²) in [5, 5.41) is 8.54. The standard InChI is InChI=1S/C13H13NO4S/c1-18-12-6-2-10(3-7-12)11-4-8-13(9-5-11)19(16,17)14-15/h2-9,14-15H,1H3. The zero-order chi connectivity index (χ0) is 13.9. The minimum Gasteiger partial charge on any atom is -0.497 e. The maximum atomic E-state index is 11.4. The monoisotopic (exact) mass is 279 g/mol. The number of ether oxygens (including phenoxy) is 1. The van der Waals surface area contributed by atoms with Crippen LogP contribution in [0.3, 0.4) is 0 Å². The van der Waals surface area contributed by atoms with E-state index in [4.69, 9.17) is 9.94 Å². The van der Waals surface area contributed by atoms with Crippen LogP contribution in [-0.4, -0.2) is 20.7 Å². The van der Waals surface area contributed by atoms with E-state index in [-0.39, 0.29) is 4.90 Å². The Morgan fingerprint density at radius 3 is 1.84 bits per heavy atom. The van der Waals surface area contributed by atoms with Gasteiger partial charge in [0.2, 0.25) is 0 Å². The van der Waals surface area contributed by atoms with Gasteiger partial charge in [-0.05, 0) is 35.4 Å². The average Bonchev–Trinajstić information content (AvgIpc) is 2.47. The molecule has 0 aromatic heterocycles. The zero-order valence-corrected chi connectivity index (χ0v) is 11.0. The highest BCUT2D eigenvalue weighted by Crippen LogP contribution is 2.23. The molecule has 2 aromatic rings. The van der Waals surface area contributed by atoms with Crippen LogP contribution in [0.25, 0.3) is 11.1 Å². The van der Waals surface area contributed by atoms with E-state index in [1.165, 1.54) is 17.0 Å². The molecule has 0 saturated heterocycles. The fraction of sp³-hybridized carbons (Fsp3) is 0.0769. The Hall–Kier alpha value is -1.89. The third-order valence-corrected chi connectivity index (χ3v) is 3.84. The summed E-state index contributed by atoms with van der Waals surface area (Å²) in [5.41, 5.74) is 1.82. The van der Waals surface area contributed by atoms with E-state index in [9.17, 15) is 8.42 Å². The van der Waals surface area contributed by atoms with Gasteiger partial charge in [-0.25, -0.2) is 8.42 Å². The number of methoxy groups -OCH3 is 1. The molecule has 5 nitrogen and oxygen atoms in total. The van der Waals surface area contributed by atoms with E-state index < -0.39 is 10.0 Å². The van der Waals surface area contributed by atoms with Gasteiger partial charge in [0.05, 0.1) is 12.0 Å². The molecular formula is C13H13NO4S. The van der Waals surface area contributed by atoms with Crippen LogP contribution in [0.4, 0.5) is 0 Å². The van der Waals surface area contributed by atoms with Crippen molar-refractivity contribution in [2.24, 2.45) is 0 Å². The zero-order valence-electron chi connectivity index (χ0n) is 10.2. The summed E-state index contributed by atoms with van der Waals surface area (Å²) in [7, 11) is -2.23. The summed E-state index contributed by atoms with van der Waals surface area (Å²) in [6, 6.07) is 13.6. The van der Waals surface area contributed by atoms with Crippen LogP contribution in [0.15, 0.2) is 53.4 Å². The van der Waals surface area contributed by atoms with Gasteiger partial charge in [0.25, 0.3) is 10.0 Å². The number of hydrogen-bond donors (Lipinski definition) is 2. The number of rotatable bonds is 4. The highest BCUT2D eigenvalue weighted by molar-refractivity contribution is 7.89. The van der Waals surface area contributed by atoms with E-state index in [2.05, 4.69) is 0 Å². The third kappa shape index (κ3) is 2.93. The summed E-state index contributed by atoms with van der Waals surface area (Å²) in [6.07, 6.45) is 0. The second kappa shape index (κ2) is 5.40. The van der Waals surface area contributed by atoms with E-state index in [1.54, 1.807) is 19.2 Å². The minimum atomic E-state index is -3.82. The van der Waals surface area contributed by atoms with Crippen LogP contribution in [0.1, 0.15) is 0 Å². The number of hydrogen-bond acceptors (Lipinski definition) is 4. The maximum Gasteiger partial charge on any atom is 0.262 e. The van der Waals surface area contributed by atoms with E-state index in [0.29, 0.717) is 0 Å². The van der Waals surface area contributed by atoms with Crippen LogP contribution < -0.4 is 9.62 Å². The molecule has 2 N–H and O–H groups in total. The molecule has 0 atom stereocenters. The summed E-state index contributed by atoms with van der Waals surface area (Å²) >= 11 is 0. The molecule has 2 rings (SSSR count). The third-order valence-electron chi connectivity index (χ3n) is 2.71. The van der Waals surface area contributed by atoms with Crippen LogP contribution >= 0.6 is 0 Å². The quantitative estimate of drug-likeness (QED) is 0.840. The van der Waals surface area contributed by atoms with Gasteiger partial charge < -0.3 is 9.94 Å². The predicted octanol–water partition coefficient (Wildman–Crippen LogP) is 2.03. The minimum absolute atomic E-state index is 0.00672. The molecule has 19 heavy (non-hydrogen) atoms. The number of nitrogens with one attached hydrogen (secondary N) is 1. The van der Waals surface area contributed by atoms with Gasteiger partial charge >= 0.3 is 0 Å². The summed E-state index contributed by atoms with van der Waals surface area (Å²) in [5.74, 6) is 0.757. The Labute approximate surface area is 111 Å². The summed E-state index contributed by atoms with van der Waals surface area (Å²) in [6.45, 7) is 0. The molecule has 0 unspecified atom stereocenters. The number of benzene rings is 2. The lowest BCUT2D eigenvalue weighted by molar-refractivity contribution is 0.242. The second-order valence-electron chi connectivity index (χ2n) is 3.85. The van der Waals surface area contributed by atoms with Crippen LogP contribution in [0, 0.1) is 0 Å². The lowest BCUT2D eigenvalue weighted by Gasteiger charge is -2.05. The SMILES string of the molecule is COc1ccc(-c2ccc(S(=O)(=O)NO)cc2)cc1. The van der Waals surface area contributed by atoms with Crippen molar-refractivity contribution in [2.45, 2.75) is 4.90 Å². The molecule has 0 aliphatic rings. The van der Waals surface area contributed by atoms with Gasteiger partial charge in [0.15, 0.2) is 0 Å². The summed E-state index contributed by atoms with van der Waals surface area (Å²) in [4.78, 5) is 1.29. The Morgan fingerprint density at radius 1 is 0.947 bits per heavy atom. The average molecular weight is 279 g/mol. The Morgan fingerprint density at radius 2 is 1.42 bits per heavy atom. The van der Waals surface area contributed by atoms with Gasteiger partial charge in [0.1, 0.15) is 5.75 Å². The van der Waals surface area contributed by atoms with Gasteiger partial charge in [-0.3, -0.25) is 0 Å². The normalized spacial score (nSPS) is 11.3. The van der Waals surface area contributed by atoms with Crippen molar-refractivity contribution in [2.75, 3.05) is 7.11 Å². The van der Waals surface area contributed by atoms with Crippen molar-refractivity contribution in [1.82, 2.24) is 4.89 Å². The highest BCUT2D eigenvalue weighted by atomic mass is 32.2. The molecule has 0 bridgehead atoms. The molecule has 2 aromatic carbocycles. The van der Waals surface area contributed by atoms with Gasteiger partial charge in [-0.15, -0.1) is 0 Å². The van der Waals surface area contributed by atoms with E-state index >= 15 is 0 Å². The Kier molecular flexibility index (Phi) is 3.84. The molecule has 0 fully saturated rings. The molecular weight excluding hydrogens is 266 g/mol. The molecule has 0 aliphatic carbocycles. The van der Waals surface area contributed by atoms with Crippen molar-refractivity contribution in [3.05, 3.63) is 48.5 Å². The maximum absolute atomic E-state index is 11.4. The molecule has 6 heteroatoms. The van der Waals surface area contributed by atoms with Crippen LogP contribution in [0.5, 0.6) is 5.75 Å². The molecule has 0 heterocycles. The van der Waals surface area contributed by atoms with E-state index in [0.717, 1.165) is 16.9 Å². The first-order valence-corrected chi connectivity index (χ1v) is 6.95. The fourth-order valence-corrected chi connectivity index (χ4v) is 2.26. The molecule has 0 amide bonds. The molecule has 0 saturated carbocycles. The molecule has 100 valence electrons. The lowest BCUT2D eigenvalue weighted by Crippen LogP contribution is -2.19. The second-order valence-corrected chi connectivity index (χ2v) is 5.51. The van der Waals surface area contributed by atoms with Crippen molar-refractivity contribution in [1.29, 1.82) is 0 Å². The van der Waals surface area contributed by atoms with Crippen LogP contribution in [-0.2, 0) is 10.0 Å². The van der Waals surface area contributed by atoms with Crippen LogP contribution in [0.2, 0.25) is 0 Å². The van der Waals surface area contributed by atoms with Crippen molar-refractivity contribution in [3.63, 3.8) is 0 Å². The largest absolute Gasteiger partial charge is 0.497 e. The Balaban J connectivity index is 2.32. The molecule has 0 spiro atoms. The van der Waals surface area contributed by atoms with Crippen molar-refractivity contribution < 1.29 is 18.4 Å². The van der Waals surface area contributed by atoms with E-state index in [1.807, 2.05) is 24.3 Å². The van der Waals surface area contributed by atoms with Crippen molar-refractivity contribution >= 4 is 10.0 Å². The number of sulfonamides is 1. The van der Waals surface area contributed by atoms with Crippen molar-refractivity contribution in [3.8, 4) is 16.9 Å². The molecule has 0 radical (unpaired) electrons. The highest BCUT2D eigenvalue weighted by Gasteiger charge is 2.11. The van der Waals surface area contributed by atoms with Gasteiger partial charge in [-0.1, -0.05) is 29.2 Å². The first-order chi connectivity index (χ1) is 9.06. The first-order valence-electron chi connectivity index (χ1n) is 5.47. The Bertz CT molecular complexity index is 648. The topological polar surface area (TPSA) is 75.6 Å². The van der Waals surface area contributed by atoms with Gasteiger partial charge in [-0.2, -0.15) is 0 Å². The lowest BCUT2D eigenvalue weighted by atomic mass is 10.1. The predicted molar refractivity (Wildman–Crippen MR) is 70.5 cm³/mol. The molecule has 0 aliphatic heterocycles.